The van der Waals surface area contributed by atoms with E-state index in [0.29, 0.717) is 11.3 Å². The van der Waals surface area contributed by atoms with Crippen molar-refractivity contribution in [3.63, 3.8) is 0 Å². The van der Waals surface area contributed by atoms with Crippen molar-refractivity contribution in [2.75, 3.05) is 17.6 Å². The Kier molecular flexibility index (Phi) is 3.80. The van der Waals surface area contributed by atoms with Crippen LogP contribution in [-0.2, 0) is 11.2 Å². The molecule has 3 rings (SSSR count). The minimum Gasteiger partial charge on any atom is -0.480 e. The van der Waals surface area contributed by atoms with Gasteiger partial charge < -0.3 is 15.3 Å². The van der Waals surface area contributed by atoms with Gasteiger partial charge in [-0.15, -0.1) is 11.8 Å². The van der Waals surface area contributed by atoms with E-state index in [9.17, 15) is 14.7 Å². The Morgan fingerprint density at radius 1 is 1.43 bits per heavy atom. The molecule has 0 bridgehead atoms. The lowest BCUT2D eigenvalue weighted by molar-refractivity contribution is -0.141. The van der Waals surface area contributed by atoms with Crippen LogP contribution < -0.4 is 5.32 Å². The van der Waals surface area contributed by atoms with E-state index in [1.807, 2.05) is 25.1 Å². The maximum absolute atomic E-state index is 12.9. The summed E-state index contributed by atoms with van der Waals surface area (Å²) in [6.07, 6.45) is 1.85. The van der Waals surface area contributed by atoms with Crippen LogP contribution in [0.5, 0.6) is 0 Å². The summed E-state index contributed by atoms with van der Waals surface area (Å²) in [7, 11) is 0. The van der Waals surface area contributed by atoms with Crippen LogP contribution in [0.4, 0.5) is 5.69 Å². The van der Waals surface area contributed by atoms with E-state index in [0.717, 1.165) is 30.6 Å². The molecule has 2 aliphatic heterocycles. The first kappa shape index (κ1) is 14.3. The molecule has 0 aliphatic carbocycles. The molecule has 6 heteroatoms. The molecule has 2 heterocycles. The zero-order chi connectivity index (χ0) is 15.0. The van der Waals surface area contributed by atoms with Gasteiger partial charge in [-0.25, -0.2) is 4.79 Å². The Morgan fingerprint density at radius 2 is 2.24 bits per heavy atom. The zero-order valence-electron chi connectivity index (χ0n) is 11.8. The lowest BCUT2D eigenvalue weighted by atomic mass is 9.96. The molecule has 0 spiro atoms. The molecule has 1 aromatic carbocycles. The maximum atomic E-state index is 12.9. The van der Waals surface area contributed by atoms with Crippen LogP contribution in [0.25, 0.3) is 0 Å². The van der Waals surface area contributed by atoms with E-state index in [-0.39, 0.29) is 11.3 Å². The summed E-state index contributed by atoms with van der Waals surface area (Å²) in [4.78, 5) is 25.7. The highest BCUT2D eigenvalue weighted by Crippen LogP contribution is 2.33. The second-order valence-corrected chi connectivity index (χ2v) is 6.71. The first-order valence-corrected chi connectivity index (χ1v) is 8.17. The van der Waals surface area contributed by atoms with E-state index in [4.69, 9.17) is 0 Å². The highest BCUT2D eigenvalue weighted by Gasteiger charge is 2.40. The molecule has 2 unspecified atom stereocenters. The van der Waals surface area contributed by atoms with Crippen molar-refractivity contribution < 1.29 is 14.7 Å². The van der Waals surface area contributed by atoms with E-state index >= 15 is 0 Å². The third-order valence-corrected chi connectivity index (χ3v) is 5.29. The first-order chi connectivity index (χ1) is 10.1. The number of carboxylic acids is 1. The van der Waals surface area contributed by atoms with E-state index < -0.39 is 12.0 Å². The van der Waals surface area contributed by atoms with Gasteiger partial charge in [0.25, 0.3) is 5.91 Å². The molecule has 1 fully saturated rings. The predicted octanol–water partition coefficient (Wildman–Crippen LogP) is 2.03. The van der Waals surface area contributed by atoms with Gasteiger partial charge in [-0.05, 0) is 37.5 Å². The minimum absolute atomic E-state index is 0.106. The number of hydrogen-bond donors (Lipinski definition) is 2. The van der Waals surface area contributed by atoms with Crippen molar-refractivity contribution >= 4 is 29.3 Å². The molecule has 21 heavy (non-hydrogen) atoms. The van der Waals surface area contributed by atoms with Gasteiger partial charge in [0.05, 0.1) is 5.37 Å². The number of amides is 1. The quantitative estimate of drug-likeness (QED) is 0.875. The molecular weight excluding hydrogens is 288 g/mol. The Labute approximate surface area is 127 Å². The van der Waals surface area contributed by atoms with Crippen molar-refractivity contribution in [2.45, 2.75) is 31.2 Å². The van der Waals surface area contributed by atoms with Crippen LogP contribution >= 0.6 is 11.8 Å². The van der Waals surface area contributed by atoms with Gasteiger partial charge in [-0.2, -0.15) is 0 Å². The molecule has 0 aromatic heterocycles. The summed E-state index contributed by atoms with van der Waals surface area (Å²) in [6, 6.07) is 4.91. The van der Waals surface area contributed by atoms with Gasteiger partial charge in [0.1, 0.15) is 6.04 Å². The van der Waals surface area contributed by atoms with Crippen LogP contribution in [0.2, 0.25) is 0 Å². The number of aliphatic carboxylic acids is 1. The van der Waals surface area contributed by atoms with E-state index in [2.05, 4.69) is 5.32 Å². The predicted molar refractivity (Wildman–Crippen MR) is 82.8 cm³/mol. The molecule has 1 amide bonds. The minimum atomic E-state index is -0.928. The number of carbonyl (C=O) groups is 2. The van der Waals surface area contributed by atoms with Crippen molar-refractivity contribution in [1.82, 2.24) is 4.90 Å². The number of carboxylic acid groups (broad SMARTS) is 1. The summed E-state index contributed by atoms with van der Waals surface area (Å²) < 4.78 is 0. The number of anilines is 1. The number of hydrogen-bond acceptors (Lipinski definition) is 4. The summed E-state index contributed by atoms with van der Waals surface area (Å²) >= 11 is 1.51. The molecular formula is C15H18N2O3S. The monoisotopic (exact) mass is 306 g/mol. The molecule has 112 valence electrons. The number of nitrogens with one attached hydrogen (secondary N) is 1. The van der Waals surface area contributed by atoms with Gasteiger partial charge in [-0.1, -0.05) is 6.07 Å². The molecule has 1 saturated heterocycles. The fourth-order valence-electron chi connectivity index (χ4n) is 2.99. The van der Waals surface area contributed by atoms with Crippen molar-refractivity contribution in [2.24, 2.45) is 0 Å². The standard InChI is InChI=1S/C15H18N2O3S/c1-9-17(13(8-21-9)15(19)20)14(18)11-4-2-6-12-10(11)5-3-7-16-12/h2,4,6,9,13,16H,3,5,7-8H2,1H3,(H,19,20). The lowest BCUT2D eigenvalue weighted by Crippen LogP contribution is -2.45. The van der Waals surface area contributed by atoms with Crippen LogP contribution in [0, 0.1) is 0 Å². The molecule has 0 saturated carbocycles. The van der Waals surface area contributed by atoms with Crippen LogP contribution in [-0.4, -0.2) is 45.6 Å². The Balaban J connectivity index is 1.96. The Hall–Kier alpha value is -1.69. The topological polar surface area (TPSA) is 69.6 Å². The largest absolute Gasteiger partial charge is 0.480 e. The normalized spacial score (nSPS) is 24.3. The van der Waals surface area contributed by atoms with Gasteiger partial charge in [0.2, 0.25) is 0 Å². The van der Waals surface area contributed by atoms with Crippen LogP contribution in [0.15, 0.2) is 18.2 Å². The van der Waals surface area contributed by atoms with Crippen molar-refractivity contribution in [3.8, 4) is 0 Å². The van der Waals surface area contributed by atoms with E-state index in [1.54, 1.807) is 0 Å². The Morgan fingerprint density at radius 3 is 3.00 bits per heavy atom. The molecule has 1 aromatic rings. The van der Waals surface area contributed by atoms with Gasteiger partial charge in [0.15, 0.2) is 0 Å². The maximum Gasteiger partial charge on any atom is 0.327 e. The second kappa shape index (κ2) is 5.60. The van der Waals surface area contributed by atoms with Gasteiger partial charge >= 0.3 is 5.97 Å². The second-order valence-electron chi connectivity index (χ2n) is 5.36. The fourth-order valence-corrected chi connectivity index (χ4v) is 4.16. The molecule has 2 aliphatic rings. The van der Waals surface area contributed by atoms with E-state index in [1.165, 1.54) is 16.7 Å². The zero-order valence-corrected chi connectivity index (χ0v) is 12.7. The SMILES string of the molecule is CC1SCC(C(=O)O)N1C(=O)c1cccc2c1CCCN2. The fraction of sp³-hybridized carbons (Fsp3) is 0.467. The highest BCUT2D eigenvalue weighted by molar-refractivity contribution is 8.00. The summed E-state index contributed by atoms with van der Waals surface area (Å²) in [5.74, 6) is -0.640. The summed E-state index contributed by atoms with van der Waals surface area (Å²) in [6.45, 7) is 2.80. The lowest BCUT2D eigenvalue weighted by Gasteiger charge is -2.28. The number of thioether (sulfide) groups is 1. The highest BCUT2D eigenvalue weighted by atomic mass is 32.2. The molecule has 2 atom stereocenters. The van der Waals surface area contributed by atoms with Crippen LogP contribution in [0.3, 0.4) is 0 Å². The van der Waals surface area contributed by atoms with Crippen LogP contribution in [0.1, 0.15) is 29.3 Å². The Bertz CT molecular complexity index is 590. The summed E-state index contributed by atoms with van der Waals surface area (Å²) in [5.41, 5.74) is 2.65. The third kappa shape index (κ3) is 2.48. The molecule has 5 nitrogen and oxygen atoms in total. The number of fused-ring (bicyclic) bond motifs is 1. The third-order valence-electron chi connectivity index (χ3n) is 4.07. The molecule has 0 radical (unpaired) electrons. The number of nitrogens with zero attached hydrogens (tertiary/aromatic N) is 1. The number of rotatable bonds is 2. The van der Waals surface area contributed by atoms with Crippen molar-refractivity contribution in [3.05, 3.63) is 29.3 Å². The average molecular weight is 306 g/mol. The van der Waals surface area contributed by atoms with Gasteiger partial charge in [0, 0.05) is 23.5 Å². The van der Waals surface area contributed by atoms with Crippen molar-refractivity contribution in [1.29, 1.82) is 0 Å². The smallest absolute Gasteiger partial charge is 0.327 e. The average Bonchev–Trinajstić information content (AvgIpc) is 2.88. The van der Waals surface area contributed by atoms with Gasteiger partial charge in [-0.3, -0.25) is 4.79 Å². The summed E-state index contributed by atoms with van der Waals surface area (Å²) in [5, 5.41) is 12.5. The number of benzene rings is 1. The molecule has 2 N–H and O–H groups in total. The first-order valence-electron chi connectivity index (χ1n) is 7.12. The number of carbonyl (C=O) groups excluding carboxylic acids is 1.